The Kier molecular flexibility index (Phi) is 6.24. The lowest BCUT2D eigenvalue weighted by Gasteiger charge is -2.12. The van der Waals surface area contributed by atoms with Crippen molar-refractivity contribution in [3.05, 3.63) is 52.8 Å². The van der Waals surface area contributed by atoms with Gasteiger partial charge in [0.1, 0.15) is 0 Å². The molecule has 0 amide bonds. The molecule has 4 rings (SSSR count). The van der Waals surface area contributed by atoms with Gasteiger partial charge in [0.2, 0.25) is 0 Å². The summed E-state index contributed by atoms with van der Waals surface area (Å²) < 4.78 is 1.62. The number of aromatic amines is 1. The Morgan fingerprint density at radius 3 is 2.93 bits per heavy atom. The predicted molar refractivity (Wildman–Crippen MR) is 125 cm³/mol. The summed E-state index contributed by atoms with van der Waals surface area (Å²) >= 11 is 6.95. The minimum absolute atomic E-state index is 0.243. The van der Waals surface area contributed by atoms with E-state index in [4.69, 9.17) is 12.2 Å². The van der Waals surface area contributed by atoms with E-state index in [1.54, 1.807) is 4.68 Å². The van der Waals surface area contributed by atoms with Gasteiger partial charge in [-0.15, -0.1) is 5.10 Å². The van der Waals surface area contributed by atoms with E-state index >= 15 is 0 Å². The van der Waals surface area contributed by atoms with Crippen LogP contribution >= 0.6 is 24.0 Å². The molecule has 154 valence electrons. The fourth-order valence-corrected chi connectivity index (χ4v) is 3.97. The molecule has 0 aliphatic heterocycles. The van der Waals surface area contributed by atoms with Crippen LogP contribution in [-0.2, 0) is 6.54 Å². The molecule has 10 heteroatoms. The summed E-state index contributed by atoms with van der Waals surface area (Å²) in [4.78, 5) is 19.4. The summed E-state index contributed by atoms with van der Waals surface area (Å²) in [5, 5.41) is 17.8. The van der Waals surface area contributed by atoms with E-state index in [1.807, 2.05) is 24.3 Å². The zero-order valence-electron chi connectivity index (χ0n) is 16.4. The van der Waals surface area contributed by atoms with E-state index in [9.17, 15) is 4.79 Å². The summed E-state index contributed by atoms with van der Waals surface area (Å²) in [7, 11) is 0. The van der Waals surface area contributed by atoms with Crippen LogP contribution in [0.5, 0.6) is 0 Å². The Balaban J connectivity index is 1.41. The number of fused-ring (bicyclic) bond motifs is 2. The molecule has 0 aliphatic carbocycles. The van der Waals surface area contributed by atoms with E-state index in [1.165, 1.54) is 11.8 Å². The monoisotopic (exact) mass is 439 g/mol. The first-order valence-corrected chi connectivity index (χ1v) is 11.0. The van der Waals surface area contributed by atoms with E-state index in [0.717, 1.165) is 28.6 Å². The second kappa shape index (κ2) is 9.23. The third kappa shape index (κ3) is 4.44. The van der Waals surface area contributed by atoms with Gasteiger partial charge in [0.25, 0.3) is 5.56 Å². The topological polar surface area (TPSA) is 101 Å². The van der Waals surface area contributed by atoms with Crippen molar-refractivity contribution in [1.82, 2.24) is 30.3 Å². The molecule has 0 atom stereocenters. The number of hydrogen-bond donors (Lipinski definition) is 3. The first-order chi connectivity index (χ1) is 14.7. The molecule has 0 radical (unpaired) electrons. The summed E-state index contributed by atoms with van der Waals surface area (Å²) in [6, 6.07) is 14.2. The van der Waals surface area contributed by atoms with Crippen LogP contribution in [0.2, 0.25) is 0 Å². The van der Waals surface area contributed by atoms with Gasteiger partial charge < -0.3 is 10.6 Å². The number of benzene rings is 2. The smallest absolute Gasteiger partial charge is 0.281 e. The largest absolute Gasteiger partial charge is 0.361 e. The van der Waals surface area contributed by atoms with Crippen molar-refractivity contribution in [3.63, 3.8) is 0 Å². The second-order valence-electron chi connectivity index (χ2n) is 6.61. The van der Waals surface area contributed by atoms with Crippen LogP contribution in [0, 0.1) is 0 Å². The van der Waals surface area contributed by atoms with Crippen LogP contribution in [0.4, 0.5) is 5.69 Å². The van der Waals surface area contributed by atoms with E-state index in [0.29, 0.717) is 29.0 Å². The number of H-pyrrole nitrogens is 1. The van der Waals surface area contributed by atoms with Crippen molar-refractivity contribution in [2.45, 2.75) is 25.0 Å². The number of nitrogens with zero attached hydrogens (tertiary/aromatic N) is 4. The Morgan fingerprint density at radius 1 is 1.23 bits per heavy atom. The molecule has 0 saturated heterocycles. The first-order valence-electron chi connectivity index (χ1n) is 9.64. The van der Waals surface area contributed by atoms with Crippen LogP contribution in [0.15, 0.2) is 52.4 Å². The van der Waals surface area contributed by atoms with Gasteiger partial charge in [0, 0.05) is 23.4 Å². The van der Waals surface area contributed by atoms with Gasteiger partial charge >= 0.3 is 0 Å². The molecule has 0 bridgehead atoms. The van der Waals surface area contributed by atoms with Gasteiger partial charge in [-0.3, -0.25) is 9.78 Å². The molecule has 30 heavy (non-hydrogen) atoms. The van der Waals surface area contributed by atoms with Crippen molar-refractivity contribution in [1.29, 1.82) is 0 Å². The van der Waals surface area contributed by atoms with Crippen LogP contribution in [0.25, 0.3) is 21.9 Å². The number of anilines is 1. The highest BCUT2D eigenvalue weighted by Crippen LogP contribution is 2.22. The van der Waals surface area contributed by atoms with Crippen LogP contribution in [0.3, 0.4) is 0 Å². The molecule has 2 aromatic heterocycles. The van der Waals surface area contributed by atoms with Gasteiger partial charge in [-0.25, -0.2) is 9.67 Å². The first kappa shape index (κ1) is 20.3. The van der Waals surface area contributed by atoms with E-state index < -0.39 is 0 Å². The molecule has 3 N–H and O–H groups in total. The lowest BCUT2D eigenvalue weighted by atomic mass is 10.1. The number of nitrogens with one attached hydrogen (secondary N) is 3. The van der Waals surface area contributed by atoms with Crippen molar-refractivity contribution in [3.8, 4) is 0 Å². The third-order valence-electron chi connectivity index (χ3n) is 4.44. The van der Waals surface area contributed by atoms with Crippen molar-refractivity contribution in [2.24, 2.45) is 0 Å². The lowest BCUT2D eigenvalue weighted by Crippen LogP contribution is -2.31. The molecule has 2 aromatic carbocycles. The maximum atomic E-state index is 12.2. The van der Waals surface area contributed by atoms with Gasteiger partial charge in [-0.2, -0.15) is 0 Å². The number of thioether (sulfide) groups is 1. The van der Waals surface area contributed by atoms with Gasteiger partial charge in [0.05, 0.1) is 6.54 Å². The highest BCUT2D eigenvalue weighted by Gasteiger charge is 2.12. The number of aromatic nitrogens is 5. The van der Waals surface area contributed by atoms with E-state index in [-0.39, 0.29) is 11.1 Å². The van der Waals surface area contributed by atoms with E-state index in [2.05, 4.69) is 56.0 Å². The molecule has 0 aliphatic rings. The Bertz CT molecular complexity index is 1250. The predicted octanol–water partition coefficient (Wildman–Crippen LogP) is 3.16. The summed E-state index contributed by atoms with van der Waals surface area (Å²) in [6.07, 6.45) is 0.995. The zero-order valence-corrected chi connectivity index (χ0v) is 18.0. The maximum absolute atomic E-state index is 12.2. The minimum atomic E-state index is -0.272. The number of hydrogen-bond acceptors (Lipinski definition) is 6. The van der Waals surface area contributed by atoms with Crippen molar-refractivity contribution >= 4 is 56.7 Å². The Labute approximate surface area is 182 Å². The molecule has 0 fully saturated rings. The summed E-state index contributed by atoms with van der Waals surface area (Å²) in [6.45, 7) is 3.07. The van der Waals surface area contributed by atoms with Gasteiger partial charge in [-0.05, 0) is 30.1 Å². The minimum Gasteiger partial charge on any atom is -0.361 e. The van der Waals surface area contributed by atoms with Crippen molar-refractivity contribution < 1.29 is 0 Å². The fourth-order valence-electron chi connectivity index (χ4n) is 3.04. The molecule has 0 saturated carbocycles. The number of rotatable bonds is 7. The average Bonchev–Trinajstić information content (AvgIpc) is 3.16. The quantitative estimate of drug-likeness (QED) is 0.229. The molecule has 0 spiro atoms. The highest BCUT2D eigenvalue weighted by molar-refractivity contribution is 7.99. The fraction of sp³-hybridized carbons (Fsp3) is 0.250. The summed E-state index contributed by atoms with van der Waals surface area (Å²) in [5.74, 6) is 0.881. The molecule has 0 unspecified atom stereocenters. The normalized spacial score (nSPS) is 11.1. The van der Waals surface area contributed by atoms with Gasteiger partial charge in [0.15, 0.2) is 21.4 Å². The second-order valence-corrected chi connectivity index (χ2v) is 8.10. The maximum Gasteiger partial charge on any atom is 0.281 e. The molecular formula is C20H21N7OS2. The van der Waals surface area contributed by atoms with Crippen LogP contribution in [-0.4, -0.2) is 42.4 Å². The van der Waals surface area contributed by atoms with Crippen LogP contribution in [0.1, 0.15) is 13.3 Å². The van der Waals surface area contributed by atoms with Crippen molar-refractivity contribution in [2.75, 3.05) is 17.6 Å². The third-order valence-corrected chi connectivity index (χ3v) is 5.77. The molecule has 8 nitrogen and oxygen atoms in total. The SMILES string of the molecule is CCCSc1nc2c(nnn2CCNC(=S)Nc2cccc3ccccc23)c(=O)[nH]1. The average molecular weight is 440 g/mol. The zero-order chi connectivity index (χ0) is 20.9. The standard InChI is InChI=1S/C20H21N7OS2/c1-2-12-30-20-23-17-16(18(28)24-20)25-26-27(17)11-10-21-19(29)22-15-9-5-7-13-6-3-4-8-14(13)15/h3-9H,2,10-12H2,1H3,(H2,21,22,29)(H,23,24,28). The number of thiocarbonyl (C=S) groups is 1. The molecule has 2 heterocycles. The summed E-state index contributed by atoms with van der Waals surface area (Å²) in [5.41, 5.74) is 1.40. The highest BCUT2D eigenvalue weighted by atomic mass is 32.2. The molecular weight excluding hydrogens is 418 g/mol. The Hall–Kier alpha value is -2.98. The lowest BCUT2D eigenvalue weighted by molar-refractivity contribution is 0.592. The van der Waals surface area contributed by atoms with Crippen LogP contribution < -0.4 is 16.2 Å². The Morgan fingerprint density at radius 2 is 2.07 bits per heavy atom. The molecule has 4 aromatic rings. The van der Waals surface area contributed by atoms with Gasteiger partial charge in [-0.1, -0.05) is 60.3 Å².